The van der Waals surface area contributed by atoms with Gasteiger partial charge in [0, 0.05) is 50.5 Å². The number of H-pyrrole nitrogens is 1. The largest absolute Gasteiger partial charge is 0.494 e. The second-order valence-corrected chi connectivity index (χ2v) is 11.1. The number of fused-ring (bicyclic) bond motifs is 1. The summed E-state index contributed by atoms with van der Waals surface area (Å²) in [7, 11) is 1.68. The lowest BCUT2D eigenvalue weighted by atomic mass is 9.90. The molecule has 2 aromatic heterocycles. The zero-order chi connectivity index (χ0) is 26.7. The summed E-state index contributed by atoms with van der Waals surface area (Å²) in [5, 5.41) is 18.2. The number of hydrogen-bond acceptors (Lipinski definition) is 10. The fraction of sp³-hybridized carbons (Fsp3) is 0.607. The highest BCUT2D eigenvalue weighted by Gasteiger charge is 2.34. The van der Waals surface area contributed by atoms with E-state index in [0.717, 1.165) is 87.8 Å². The number of aromatic amines is 1. The number of imidazole rings is 1. The van der Waals surface area contributed by atoms with Gasteiger partial charge in [0.15, 0.2) is 11.5 Å². The van der Waals surface area contributed by atoms with Crippen LogP contribution in [0.3, 0.4) is 0 Å². The third kappa shape index (κ3) is 6.05. The molecule has 2 saturated heterocycles. The van der Waals surface area contributed by atoms with Crippen LogP contribution >= 0.6 is 0 Å². The Morgan fingerprint density at radius 2 is 1.90 bits per heavy atom. The predicted molar refractivity (Wildman–Crippen MR) is 152 cm³/mol. The van der Waals surface area contributed by atoms with Gasteiger partial charge < -0.3 is 35.1 Å². The van der Waals surface area contributed by atoms with E-state index in [9.17, 15) is 5.11 Å². The van der Waals surface area contributed by atoms with Gasteiger partial charge in [-0.05, 0) is 37.8 Å². The van der Waals surface area contributed by atoms with Crippen molar-refractivity contribution >= 4 is 34.3 Å². The molecule has 6 rings (SSSR count). The van der Waals surface area contributed by atoms with Gasteiger partial charge in [0.1, 0.15) is 11.3 Å². The van der Waals surface area contributed by atoms with Crippen LogP contribution in [0, 0.1) is 0 Å². The van der Waals surface area contributed by atoms with Gasteiger partial charge in [0.2, 0.25) is 5.95 Å². The first-order chi connectivity index (χ1) is 19.1. The fourth-order valence-electron chi connectivity index (χ4n) is 6.05. The summed E-state index contributed by atoms with van der Waals surface area (Å²) >= 11 is 0. The van der Waals surface area contributed by atoms with Crippen LogP contribution in [0.2, 0.25) is 0 Å². The van der Waals surface area contributed by atoms with E-state index < -0.39 is 5.60 Å². The van der Waals surface area contributed by atoms with Crippen molar-refractivity contribution in [2.75, 3.05) is 68.6 Å². The molecule has 39 heavy (non-hydrogen) atoms. The minimum atomic E-state index is -0.648. The molecule has 1 aromatic carbocycles. The third-order valence-electron chi connectivity index (χ3n) is 8.34. The third-order valence-corrected chi connectivity index (χ3v) is 8.34. The summed E-state index contributed by atoms with van der Waals surface area (Å²) in [6, 6.07) is 6.56. The summed E-state index contributed by atoms with van der Waals surface area (Å²) in [4.78, 5) is 21.6. The van der Waals surface area contributed by atoms with Gasteiger partial charge >= 0.3 is 0 Å². The van der Waals surface area contributed by atoms with Crippen molar-refractivity contribution in [1.29, 1.82) is 0 Å². The van der Waals surface area contributed by atoms with Crippen molar-refractivity contribution in [3.63, 3.8) is 0 Å². The van der Waals surface area contributed by atoms with E-state index in [1.165, 1.54) is 19.3 Å². The van der Waals surface area contributed by atoms with Crippen molar-refractivity contribution in [2.24, 2.45) is 0 Å². The molecule has 3 fully saturated rings. The Kier molecular flexibility index (Phi) is 7.71. The van der Waals surface area contributed by atoms with Gasteiger partial charge in [-0.1, -0.05) is 19.3 Å². The maximum atomic E-state index is 11.2. The molecular formula is C28H40N8O3. The first kappa shape index (κ1) is 26.1. The highest BCUT2D eigenvalue weighted by molar-refractivity contribution is 5.84. The number of nitrogens with one attached hydrogen (secondary N) is 3. The number of methoxy groups -OCH3 is 1. The average molecular weight is 537 g/mol. The lowest BCUT2D eigenvalue weighted by Crippen LogP contribution is -2.53. The Morgan fingerprint density at radius 3 is 2.67 bits per heavy atom. The first-order valence-corrected chi connectivity index (χ1v) is 14.3. The Bertz CT molecular complexity index is 1250. The van der Waals surface area contributed by atoms with E-state index in [2.05, 4.69) is 41.5 Å². The molecule has 0 amide bonds. The SMILES string of the molecule is COc1cc(N2CCC(O)(CN3CCOCC3)CC2)ccc1Nc1nc(NC2CCCCC2)c2[nH]cnc2n1. The van der Waals surface area contributed by atoms with Gasteiger partial charge in [-0.3, -0.25) is 4.90 Å². The second-order valence-electron chi connectivity index (χ2n) is 11.1. The van der Waals surface area contributed by atoms with E-state index in [0.29, 0.717) is 29.9 Å². The number of morpholine rings is 1. The number of aromatic nitrogens is 4. The molecule has 1 saturated carbocycles. The van der Waals surface area contributed by atoms with Gasteiger partial charge in [0.25, 0.3) is 0 Å². The van der Waals surface area contributed by atoms with Crippen molar-refractivity contribution in [2.45, 2.75) is 56.6 Å². The summed E-state index contributed by atoms with van der Waals surface area (Å²) < 4.78 is 11.2. The molecule has 4 heterocycles. The van der Waals surface area contributed by atoms with Crippen LogP contribution < -0.4 is 20.3 Å². The molecule has 2 aliphatic heterocycles. The topological polar surface area (TPSA) is 124 Å². The predicted octanol–water partition coefficient (Wildman–Crippen LogP) is 3.51. The number of hydrogen-bond donors (Lipinski definition) is 4. The maximum absolute atomic E-state index is 11.2. The van der Waals surface area contributed by atoms with Gasteiger partial charge in [0.05, 0.1) is 37.9 Å². The Labute approximate surface area is 229 Å². The molecule has 0 unspecified atom stereocenters. The Hall–Kier alpha value is -3.15. The number of benzene rings is 1. The quantitative estimate of drug-likeness (QED) is 0.340. The molecule has 3 aliphatic rings. The lowest BCUT2D eigenvalue weighted by molar-refractivity contribution is -0.0440. The summed E-state index contributed by atoms with van der Waals surface area (Å²) in [5.74, 6) is 1.97. The number of anilines is 4. The minimum Gasteiger partial charge on any atom is -0.494 e. The smallest absolute Gasteiger partial charge is 0.231 e. The Balaban J connectivity index is 1.14. The molecule has 210 valence electrons. The van der Waals surface area contributed by atoms with E-state index >= 15 is 0 Å². The van der Waals surface area contributed by atoms with Crippen LogP contribution in [0.25, 0.3) is 11.2 Å². The molecule has 0 bridgehead atoms. The molecule has 0 spiro atoms. The van der Waals surface area contributed by atoms with Crippen LogP contribution in [0.5, 0.6) is 5.75 Å². The summed E-state index contributed by atoms with van der Waals surface area (Å²) in [6.07, 6.45) is 9.23. The average Bonchev–Trinajstić information content (AvgIpc) is 3.44. The molecule has 1 aliphatic carbocycles. The molecule has 3 aromatic rings. The number of rotatable bonds is 8. The van der Waals surface area contributed by atoms with Crippen LogP contribution in [-0.2, 0) is 4.74 Å². The van der Waals surface area contributed by atoms with Gasteiger partial charge in [-0.2, -0.15) is 9.97 Å². The van der Waals surface area contributed by atoms with E-state index in [-0.39, 0.29) is 0 Å². The second kappa shape index (κ2) is 11.5. The van der Waals surface area contributed by atoms with Gasteiger partial charge in [-0.15, -0.1) is 0 Å². The molecular weight excluding hydrogens is 496 g/mol. The van der Waals surface area contributed by atoms with Crippen molar-refractivity contribution in [3.8, 4) is 5.75 Å². The van der Waals surface area contributed by atoms with Crippen LogP contribution in [0.15, 0.2) is 24.5 Å². The first-order valence-electron chi connectivity index (χ1n) is 14.3. The van der Waals surface area contributed by atoms with E-state index in [4.69, 9.17) is 14.5 Å². The molecule has 0 radical (unpaired) electrons. The monoisotopic (exact) mass is 536 g/mol. The number of β-amino-alcohol motifs (C(OH)–C–C–N with tert-alkyl or cyclic N) is 1. The van der Waals surface area contributed by atoms with Crippen LogP contribution in [0.4, 0.5) is 23.1 Å². The highest BCUT2D eigenvalue weighted by atomic mass is 16.5. The highest BCUT2D eigenvalue weighted by Crippen LogP contribution is 2.35. The zero-order valence-electron chi connectivity index (χ0n) is 22.8. The van der Waals surface area contributed by atoms with Crippen LogP contribution in [-0.4, -0.2) is 94.6 Å². The van der Waals surface area contributed by atoms with Crippen molar-refractivity contribution in [1.82, 2.24) is 24.8 Å². The lowest BCUT2D eigenvalue weighted by Gasteiger charge is -2.42. The van der Waals surface area contributed by atoms with Crippen LogP contribution in [0.1, 0.15) is 44.9 Å². The number of nitrogens with zero attached hydrogens (tertiary/aromatic N) is 5. The number of ether oxygens (including phenoxy) is 2. The number of aliphatic hydroxyl groups is 1. The molecule has 11 nitrogen and oxygen atoms in total. The van der Waals surface area contributed by atoms with Crippen molar-refractivity contribution in [3.05, 3.63) is 24.5 Å². The zero-order valence-corrected chi connectivity index (χ0v) is 22.8. The minimum absolute atomic E-state index is 0.415. The summed E-state index contributed by atoms with van der Waals surface area (Å²) in [6.45, 7) is 5.61. The maximum Gasteiger partial charge on any atom is 0.231 e. The van der Waals surface area contributed by atoms with E-state index in [1.807, 2.05) is 12.1 Å². The normalized spacial score (nSPS) is 20.7. The molecule has 11 heteroatoms. The summed E-state index contributed by atoms with van der Waals surface area (Å²) in [5.41, 5.74) is 2.67. The van der Waals surface area contributed by atoms with Gasteiger partial charge in [-0.25, -0.2) is 4.98 Å². The molecule has 0 atom stereocenters. The standard InChI is InChI=1S/C28H40N8O3/c1-38-23-17-21(36-11-9-28(37,10-12-36)18-35-13-15-39-16-14-35)7-8-22(23)32-27-33-25-24(29-19-30-25)26(34-27)31-20-5-3-2-4-6-20/h7-8,17,19-20,37H,2-6,9-16,18H2,1H3,(H3,29,30,31,32,33,34). The van der Waals surface area contributed by atoms with Crippen molar-refractivity contribution < 1.29 is 14.6 Å². The van der Waals surface area contributed by atoms with E-state index in [1.54, 1.807) is 13.4 Å². The molecule has 4 N–H and O–H groups in total. The number of piperidine rings is 1. The fourth-order valence-corrected chi connectivity index (χ4v) is 6.05. The Morgan fingerprint density at radius 1 is 1.10 bits per heavy atom.